The lowest BCUT2D eigenvalue weighted by atomic mass is 10.1. The number of hydrogen-bond acceptors (Lipinski definition) is 3. The van der Waals surface area contributed by atoms with Gasteiger partial charge in [-0.2, -0.15) is 0 Å². The molecule has 0 amide bonds. The Morgan fingerprint density at radius 2 is 2.11 bits per heavy atom. The molecule has 0 spiro atoms. The fourth-order valence-electron chi connectivity index (χ4n) is 3.15. The number of guanidine groups is 1. The van der Waals surface area contributed by atoms with E-state index in [0.29, 0.717) is 12.4 Å². The predicted molar refractivity (Wildman–Crippen MR) is 113 cm³/mol. The number of para-hydroxylation sites is 1. The molecule has 1 aromatic carbocycles. The van der Waals surface area contributed by atoms with Gasteiger partial charge in [-0.25, -0.2) is 4.98 Å². The number of hydrogen-bond donors (Lipinski definition) is 3. The van der Waals surface area contributed by atoms with Gasteiger partial charge in [0.05, 0.1) is 6.61 Å². The molecule has 28 heavy (non-hydrogen) atoms. The van der Waals surface area contributed by atoms with Gasteiger partial charge in [0.2, 0.25) is 5.88 Å². The van der Waals surface area contributed by atoms with E-state index in [9.17, 15) is 0 Å². The molecular formula is C22H27N5O. The Bertz CT molecular complexity index is 928. The first-order valence-electron chi connectivity index (χ1n) is 9.89. The molecule has 0 unspecified atom stereocenters. The van der Waals surface area contributed by atoms with Crippen LogP contribution in [0.2, 0.25) is 0 Å². The number of rotatable bonds is 8. The highest BCUT2D eigenvalue weighted by molar-refractivity contribution is 5.83. The number of aliphatic imine (C=N–C) groups is 1. The maximum atomic E-state index is 5.68. The molecular weight excluding hydrogens is 350 g/mol. The zero-order valence-corrected chi connectivity index (χ0v) is 16.2. The molecule has 2 heterocycles. The summed E-state index contributed by atoms with van der Waals surface area (Å²) in [5.41, 5.74) is 3.58. The first kappa shape index (κ1) is 18.3. The Morgan fingerprint density at radius 3 is 2.89 bits per heavy atom. The minimum absolute atomic E-state index is 0.669. The molecule has 1 aliphatic rings. The van der Waals surface area contributed by atoms with Gasteiger partial charge in [-0.1, -0.05) is 24.3 Å². The highest BCUT2D eigenvalue weighted by Crippen LogP contribution is 2.29. The molecule has 6 nitrogen and oxygen atoms in total. The molecule has 3 N–H and O–H groups in total. The largest absolute Gasteiger partial charge is 0.477 e. The molecule has 1 saturated carbocycles. The normalized spacial score (nSPS) is 14.2. The van der Waals surface area contributed by atoms with Crippen molar-refractivity contribution in [3.63, 3.8) is 0 Å². The molecule has 0 saturated heterocycles. The lowest BCUT2D eigenvalue weighted by Gasteiger charge is -2.12. The van der Waals surface area contributed by atoms with E-state index in [2.05, 4.69) is 50.0 Å². The smallest absolute Gasteiger partial charge is 0.213 e. The number of aromatic nitrogens is 2. The average Bonchev–Trinajstić information content (AvgIpc) is 3.49. The van der Waals surface area contributed by atoms with E-state index < -0.39 is 0 Å². The van der Waals surface area contributed by atoms with E-state index in [0.717, 1.165) is 37.0 Å². The minimum Gasteiger partial charge on any atom is -0.477 e. The number of aromatic amines is 1. The Morgan fingerprint density at radius 1 is 1.21 bits per heavy atom. The van der Waals surface area contributed by atoms with Crippen molar-refractivity contribution in [3.8, 4) is 5.88 Å². The van der Waals surface area contributed by atoms with Crippen LogP contribution in [0.4, 0.5) is 0 Å². The summed E-state index contributed by atoms with van der Waals surface area (Å²) in [7, 11) is 1.79. The second-order valence-corrected chi connectivity index (χ2v) is 7.22. The third kappa shape index (κ3) is 4.82. The maximum absolute atomic E-state index is 5.68. The van der Waals surface area contributed by atoms with Crippen molar-refractivity contribution >= 4 is 16.9 Å². The molecule has 1 aliphatic carbocycles. The highest BCUT2D eigenvalue weighted by Gasteiger charge is 2.22. The lowest BCUT2D eigenvalue weighted by molar-refractivity contribution is 0.288. The molecule has 2 aromatic heterocycles. The predicted octanol–water partition coefficient (Wildman–Crippen LogP) is 3.26. The molecule has 0 radical (unpaired) electrons. The summed E-state index contributed by atoms with van der Waals surface area (Å²) < 4.78 is 5.68. The van der Waals surface area contributed by atoms with Crippen molar-refractivity contribution in [2.75, 3.05) is 20.2 Å². The summed E-state index contributed by atoms with van der Waals surface area (Å²) in [5.74, 6) is 2.23. The van der Waals surface area contributed by atoms with Crippen LogP contribution >= 0.6 is 0 Å². The van der Waals surface area contributed by atoms with E-state index in [1.54, 1.807) is 7.05 Å². The average molecular weight is 377 g/mol. The number of nitrogens with zero attached hydrogens (tertiary/aromatic N) is 2. The SMILES string of the molecule is CN=C(NCCc1c[nH]c2ccccc12)NCc1ccc(OCC2CC2)nc1. The van der Waals surface area contributed by atoms with Gasteiger partial charge in [-0.05, 0) is 42.4 Å². The Labute approximate surface area is 165 Å². The number of benzene rings is 1. The number of nitrogens with one attached hydrogen (secondary N) is 3. The Hall–Kier alpha value is -3.02. The monoisotopic (exact) mass is 377 g/mol. The van der Waals surface area contributed by atoms with Crippen LogP contribution in [0.15, 0.2) is 53.8 Å². The fraction of sp³-hybridized carbons (Fsp3) is 0.364. The lowest BCUT2D eigenvalue weighted by Crippen LogP contribution is -2.37. The molecule has 0 aliphatic heterocycles. The fourth-order valence-corrected chi connectivity index (χ4v) is 3.15. The summed E-state index contributed by atoms with van der Waals surface area (Å²) in [6, 6.07) is 12.4. The summed E-state index contributed by atoms with van der Waals surface area (Å²) in [6.45, 7) is 2.27. The van der Waals surface area contributed by atoms with Gasteiger partial charge in [0.1, 0.15) is 0 Å². The zero-order valence-electron chi connectivity index (χ0n) is 16.2. The van der Waals surface area contributed by atoms with Crippen LogP contribution in [0.3, 0.4) is 0 Å². The van der Waals surface area contributed by atoms with Crippen LogP contribution in [0.25, 0.3) is 10.9 Å². The van der Waals surface area contributed by atoms with E-state index in [-0.39, 0.29) is 0 Å². The van der Waals surface area contributed by atoms with E-state index in [1.165, 1.54) is 29.3 Å². The van der Waals surface area contributed by atoms with Crippen LogP contribution in [0.5, 0.6) is 5.88 Å². The van der Waals surface area contributed by atoms with Crippen LogP contribution in [-0.4, -0.2) is 36.1 Å². The van der Waals surface area contributed by atoms with E-state index in [4.69, 9.17) is 4.74 Å². The van der Waals surface area contributed by atoms with Gasteiger partial charge in [0, 0.05) is 49.5 Å². The molecule has 1 fully saturated rings. The number of fused-ring (bicyclic) bond motifs is 1. The Kier molecular flexibility index (Phi) is 5.75. The maximum Gasteiger partial charge on any atom is 0.213 e. The molecule has 6 heteroatoms. The van der Waals surface area contributed by atoms with Crippen molar-refractivity contribution in [2.24, 2.45) is 10.9 Å². The zero-order chi connectivity index (χ0) is 19.2. The van der Waals surface area contributed by atoms with Gasteiger partial charge >= 0.3 is 0 Å². The molecule has 146 valence electrons. The molecule has 0 bridgehead atoms. The van der Waals surface area contributed by atoms with Gasteiger partial charge in [-0.3, -0.25) is 4.99 Å². The van der Waals surface area contributed by atoms with Gasteiger partial charge in [-0.15, -0.1) is 0 Å². The van der Waals surface area contributed by atoms with Crippen LogP contribution < -0.4 is 15.4 Å². The van der Waals surface area contributed by atoms with Crippen molar-refractivity contribution < 1.29 is 4.74 Å². The highest BCUT2D eigenvalue weighted by atomic mass is 16.5. The van der Waals surface area contributed by atoms with Crippen molar-refractivity contribution in [3.05, 3.63) is 59.9 Å². The third-order valence-corrected chi connectivity index (χ3v) is 5.01. The molecule has 0 atom stereocenters. The van der Waals surface area contributed by atoms with Gasteiger partial charge in [0.25, 0.3) is 0 Å². The second-order valence-electron chi connectivity index (χ2n) is 7.22. The van der Waals surface area contributed by atoms with Crippen LogP contribution in [0, 0.1) is 5.92 Å². The quantitative estimate of drug-likeness (QED) is 0.416. The standard InChI is InChI=1S/C22H27N5O/c1-23-22(24-11-10-18-14-25-20-5-3-2-4-19(18)20)27-13-17-8-9-21(26-12-17)28-15-16-6-7-16/h2-5,8-9,12,14,16,25H,6-7,10-11,13,15H2,1H3,(H2,23,24,27). The van der Waals surface area contributed by atoms with Gasteiger partial charge in [0.15, 0.2) is 5.96 Å². The summed E-state index contributed by atoms with van der Waals surface area (Å²) in [4.78, 5) is 12.0. The summed E-state index contributed by atoms with van der Waals surface area (Å²) in [5, 5.41) is 7.99. The number of ether oxygens (including phenoxy) is 1. The van der Waals surface area contributed by atoms with Crippen molar-refractivity contribution in [2.45, 2.75) is 25.8 Å². The summed E-state index contributed by atoms with van der Waals surface area (Å²) in [6.07, 6.45) is 7.44. The third-order valence-electron chi connectivity index (χ3n) is 5.01. The molecule has 4 rings (SSSR count). The number of H-pyrrole nitrogens is 1. The second kappa shape index (κ2) is 8.78. The Balaban J connectivity index is 1.22. The van der Waals surface area contributed by atoms with Crippen LogP contribution in [-0.2, 0) is 13.0 Å². The summed E-state index contributed by atoms with van der Waals surface area (Å²) >= 11 is 0. The first-order chi connectivity index (χ1) is 13.8. The van der Waals surface area contributed by atoms with Crippen molar-refractivity contribution in [1.29, 1.82) is 0 Å². The van der Waals surface area contributed by atoms with Crippen molar-refractivity contribution in [1.82, 2.24) is 20.6 Å². The van der Waals surface area contributed by atoms with Gasteiger partial charge < -0.3 is 20.4 Å². The van der Waals surface area contributed by atoms with Crippen LogP contribution in [0.1, 0.15) is 24.0 Å². The number of pyridine rings is 1. The minimum atomic E-state index is 0.669. The molecule has 3 aromatic rings. The van der Waals surface area contributed by atoms with E-state index in [1.807, 2.05) is 24.4 Å². The van der Waals surface area contributed by atoms with E-state index >= 15 is 0 Å². The first-order valence-corrected chi connectivity index (χ1v) is 9.89. The topological polar surface area (TPSA) is 74.3 Å².